The number of nitrogens with zero attached hydrogens (tertiary/aromatic N) is 4. The Kier molecular flexibility index (Phi) is 5.86. The molecule has 1 aromatic carbocycles. The first kappa shape index (κ1) is 20.7. The average molecular weight is 446 g/mol. The Morgan fingerprint density at radius 2 is 1.90 bits per heavy atom. The highest BCUT2D eigenvalue weighted by Crippen LogP contribution is 2.37. The highest BCUT2D eigenvalue weighted by atomic mass is 35.5. The van der Waals surface area contributed by atoms with Crippen molar-refractivity contribution in [1.29, 1.82) is 0 Å². The topological polar surface area (TPSA) is 92.5 Å². The molecule has 1 unspecified atom stereocenters. The van der Waals surface area contributed by atoms with Crippen molar-refractivity contribution < 1.29 is 14.6 Å². The average Bonchev–Trinajstić information content (AvgIpc) is 3.11. The first-order chi connectivity index (χ1) is 15.1. The molecule has 8 nitrogen and oxygen atoms in total. The molecule has 2 aliphatic heterocycles. The van der Waals surface area contributed by atoms with Crippen molar-refractivity contribution in [1.82, 2.24) is 25.0 Å². The van der Waals surface area contributed by atoms with Gasteiger partial charge in [0.25, 0.3) is 0 Å². The molecule has 1 aliphatic carbocycles. The predicted octanol–water partition coefficient (Wildman–Crippen LogP) is 3.01. The van der Waals surface area contributed by atoms with Gasteiger partial charge in [-0.05, 0) is 55.9 Å². The molecule has 1 saturated carbocycles. The molecule has 0 radical (unpaired) electrons. The van der Waals surface area contributed by atoms with Crippen LogP contribution in [0.2, 0.25) is 5.02 Å². The van der Waals surface area contributed by atoms with Gasteiger partial charge in [-0.15, -0.1) is 10.2 Å². The van der Waals surface area contributed by atoms with E-state index in [9.17, 15) is 9.90 Å². The second kappa shape index (κ2) is 8.76. The molecule has 5 rings (SSSR count). The number of benzene rings is 1. The number of aromatic nitrogens is 3. The lowest BCUT2D eigenvalue weighted by Crippen LogP contribution is -2.44. The summed E-state index contributed by atoms with van der Waals surface area (Å²) in [6.45, 7) is 3.73. The van der Waals surface area contributed by atoms with Gasteiger partial charge in [-0.2, -0.15) is 0 Å². The number of carboxylic acid groups (broad SMARTS) is 1. The van der Waals surface area contributed by atoms with Crippen molar-refractivity contribution in [3.63, 3.8) is 0 Å². The SMILES string of the molecule is O=C(O)NC1Cc2cc(Cl)ccc2-n2c(nnc2[C@H]2CC[C@H](N3CCOCC3)CC2)C1. The molecular weight excluding hydrogens is 418 g/mol. The maximum absolute atomic E-state index is 11.3. The summed E-state index contributed by atoms with van der Waals surface area (Å²) >= 11 is 6.27. The number of morpholine rings is 1. The number of carbonyl (C=O) groups is 1. The van der Waals surface area contributed by atoms with Gasteiger partial charge in [0.2, 0.25) is 0 Å². The van der Waals surface area contributed by atoms with Crippen molar-refractivity contribution in [2.24, 2.45) is 0 Å². The largest absolute Gasteiger partial charge is 0.465 e. The summed E-state index contributed by atoms with van der Waals surface area (Å²) in [5.74, 6) is 2.16. The highest BCUT2D eigenvalue weighted by Gasteiger charge is 2.33. The van der Waals surface area contributed by atoms with Crippen molar-refractivity contribution in [2.75, 3.05) is 26.3 Å². The quantitative estimate of drug-likeness (QED) is 0.754. The molecule has 2 fully saturated rings. The molecule has 1 amide bonds. The van der Waals surface area contributed by atoms with Crippen LogP contribution >= 0.6 is 11.6 Å². The minimum Gasteiger partial charge on any atom is -0.465 e. The van der Waals surface area contributed by atoms with Crippen molar-refractivity contribution in [3.8, 4) is 5.69 Å². The number of ether oxygens (including phenoxy) is 1. The van der Waals surface area contributed by atoms with Gasteiger partial charge in [-0.25, -0.2) is 4.79 Å². The van der Waals surface area contributed by atoms with Gasteiger partial charge in [0.1, 0.15) is 11.6 Å². The van der Waals surface area contributed by atoms with Crippen molar-refractivity contribution >= 4 is 17.7 Å². The molecule has 2 N–H and O–H groups in total. The van der Waals surface area contributed by atoms with Crippen molar-refractivity contribution in [3.05, 3.63) is 40.4 Å². The third kappa shape index (κ3) is 4.29. The first-order valence-electron chi connectivity index (χ1n) is 11.1. The third-order valence-corrected chi connectivity index (χ3v) is 7.12. The fourth-order valence-corrected chi connectivity index (χ4v) is 5.60. The van der Waals surface area contributed by atoms with Crippen LogP contribution in [0, 0.1) is 0 Å². The monoisotopic (exact) mass is 445 g/mol. The fraction of sp³-hybridized carbons (Fsp3) is 0.591. The molecule has 0 bridgehead atoms. The standard InChI is InChI=1S/C22H28ClN5O3/c23-16-3-6-19-15(11-16)12-17(24-22(29)30)13-20-25-26-21(28(19)20)14-1-4-18(5-2-14)27-7-9-31-10-8-27/h3,6,11,14,17-18,24H,1-2,4-5,7-10,12-13H2,(H,29,30)/t14-,17?,18-. The van der Waals surface area contributed by atoms with Crippen LogP contribution < -0.4 is 5.32 Å². The van der Waals surface area contributed by atoms with Crippen LogP contribution in [-0.4, -0.2) is 69.3 Å². The summed E-state index contributed by atoms with van der Waals surface area (Å²) in [4.78, 5) is 13.9. The van der Waals surface area contributed by atoms with Crippen molar-refractivity contribution in [2.45, 2.75) is 56.5 Å². The number of halogens is 1. The summed E-state index contributed by atoms with van der Waals surface area (Å²) in [6, 6.07) is 6.19. The van der Waals surface area contributed by atoms with Crippen LogP contribution in [0.1, 0.15) is 48.8 Å². The normalized spacial score (nSPS) is 26.5. The fourth-order valence-electron chi connectivity index (χ4n) is 5.40. The minimum atomic E-state index is -1.02. The maximum atomic E-state index is 11.3. The van der Waals surface area contributed by atoms with Crippen LogP contribution in [0.4, 0.5) is 4.79 Å². The Bertz CT molecular complexity index is 951. The molecule has 1 saturated heterocycles. The smallest absolute Gasteiger partial charge is 0.404 e. The Balaban J connectivity index is 1.41. The van der Waals surface area contributed by atoms with E-state index >= 15 is 0 Å². The predicted molar refractivity (Wildman–Crippen MR) is 116 cm³/mol. The molecule has 3 heterocycles. The minimum absolute atomic E-state index is 0.259. The van der Waals surface area contributed by atoms with Gasteiger partial charge >= 0.3 is 6.09 Å². The maximum Gasteiger partial charge on any atom is 0.404 e. The van der Waals surface area contributed by atoms with E-state index in [4.69, 9.17) is 16.3 Å². The molecule has 1 aromatic heterocycles. The molecule has 166 valence electrons. The number of amides is 1. The van der Waals surface area contributed by atoms with E-state index in [1.165, 1.54) is 0 Å². The number of hydrogen-bond acceptors (Lipinski definition) is 5. The Morgan fingerprint density at radius 1 is 1.13 bits per heavy atom. The van der Waals surface area contributed by atoms with Gasteiger partial charge in [0, 0.05) is 42.5 Å². The molecule has 1 atom stereocenters. The van der Waals surface area contributed by atoms with Crippen LogP contribution in [0.15, 0.2) is 18.2 Å². The summed E-state index contributed by atoms with van der Waals surface area (Å²) in [5, 5.41) is 21.6. The summed E-state index contributed by atoms with van der Waals surface area (Å²) in [5.41, 5.74) is 2.04. The van der Waals surface area contributed by atoms with Gasteiger partial charge in [-0.1, -0.05) is 11.6 Å². The highest BCUT2D eigenvalue weighted by molar-refractivity contribution is 6.30. The second-order valence-electron chi connectivity index (χ2n) is 8.79. The van der Waals surface area contributed by atoms with E-state index in [0.29, 0.717) is 29.8 Å². The van der Waals surface area contributed by atoms with E-state index in [1.807, 2.05) is 18.2 Å². The first-order valence-corrected chi connectivity index (χ1v) is 11.5. The molecule has 31 heavy (non-hydrogen) atoms. The molecule has 2 aromatic rings. The van der Waals surface area contributed by atoms with Gasteiger partial charge in [-0.3, -0.25) is 9.47 Å². The van der Waals surface area contributed by atoms with Gasteiger partial charge < -0.3 is 15.2 Å². The van der Waals surface area contributed by atoms with Crippen LogP contribution in [0.3, 0.4) is 0 Å². The molecule has 0 spiro atoms. The Hall–Kier alpha value is -2.16. The summed E-state index contributed by atoms with van der Waals surface area (Å²) in [6.07, 6.45) is 4.54. The second-order valence-corrected chi connectivity index (χ2v) is 9.23. The Morgan fingerprint density at radius 3 is 2.65 bits per heavy atom. The number of hydrogen-bond donors (Lipinski definition) is 2. The van der Waals surface area contributed by atoms with Crippen LogP contribution in [-0.2, 0) is 17.6 Å². The zero-order valence-corrected chi connectivity index (χ0v) is 18.2. The summed E-state index contributed by atoms with van der Waals surface area (Å²) < 4.78 is 7.67. The van der Waals surface area contributed by atoms with E-state index in [1.54, 1.807) is 0 Å². The Labute approximate surface area is 186 Å². The van der Waals surface area contributed by atoms with E-state index < -0.39 is 6.09 Å². The van der Waals surface area contributed by atoms with E-state index in [2.05, 4.69) is 25.0 Å². The lowest BCUT2D eigenvalue weighted by molar-refractivity contribution is 0.00707. The zero-order chi connectivity index (χ0) is 21.4. The van der Waals surface area contributed by atoms with Gasteiger partial charge in [0.15, 0.2) is 0 Å². The van der Waals surface area contributed by atoms with Crippen LogP contribution in [0.5, 0.6) is 0 Å². The lowest BCUT2D eigenvalue weighted by atomic mass is 9.84. The van der Waals surface area contributed by atoms with E-state index in [0.717, 1.165) is 74.9 Å². The molecule has 3 aliphatic rings. The number of nitrogens with one attached hydrogen (secondary N) is 1. The number of fused-ring (bicyclic) bond motifs is 3. The molecule has 9 heteroatoms. The number of rotatable bonds is 3. The van der Waals surface area contributed by atoms with Crippen LogP contribution in [0.25, 0.3) is 5.69 Å². The third-order valence-electron chi connectivity index (χ3n) is 6.88. The molecular formula is C22H28ClN5O3. The van der Waals surface area contributed by atoms with Gasteiger partial charge in [0.05, 0.1) is 18.9 Å². The lowest BCUT2D eigenvalue weighted by Gasteiger charge is -2.38. The van der Waals surface area contributed by atoms with E-state index in [-0.39, 0.29) is 6.04 Å². The zero-order valence-electron chi connectivity index (χ0n) is 17.5. The summed E-state index contributed by atoms with van der Waals surface area (Å²) in [7, 11) is 0.